The maximum absolute atomic E-state index is 12.9. The minimum absolute atomic E-state index is 0.00805. The van der Waals surface area contributed by atoms with Crippen LogP contribution in [0, 0.1) is 5.92 Å². The fraction of sp³-hybridized carbons (Fsp3) is 0.364. The quantitative estimate of drug-likeness (QED) is 0.656. The number of likely N-dealkylation sites (tertiary alicyclic amines) is 1. The Morgan fingerprint density at radius 1 is 1.10 bits per heavy atom. The second kappa shape index (κ2) is 10.2. The lowest BCUT2D eigenvalue weighted by atomic mass is 9.96. The molecular weight excluding hydrogens is 438 g/mol. The molecule has 2 amide bonds. The number of hydrogen-bond donors (Lipinski definition) is 2. The molecule has 1 aliphatic rings. The van der Waals surface area contributed by atoms with Crippen LogP contribution < -0.4 is 10.0 Å². The van der Waals surface area contributed by atoms with Gasteiger partial charge in [0, 0.05) is 35.9 Å². The molecule has 2 aromatic rings. The molecule has 1 fully saturated rings. The van der Waals surface area contributed by atoms with Crippen LogP contribution in [0.1, 0.15) is 36.5 Å². The Kier molecular flexibility index (Phi) is 7.56. The van der Waals surface area contributed by atoms with Crippen LogP contribution >= 0.6 is 11.6 Å². The molecule has 2 aromatic carbocycles. The zero-order valence-electron chi connectivity index (χ0n) is 17.3. The second-order valence-corrected chi connectivity index (χ2v) is 9.64. The van der Waals surface area contributed by atoms with Crippen LogP contribution in [-0.2, 0) is 14.8 Å². The minimum atomic E-state index is -3.76. The van der Waals surface area contributed by atoms with Crippen molar-refractivity contribution in [1.29, 1.82) is 0 Å². The Labute approximate surface area is 187 Å². The van der Waals surface area contributed by atoms with E-state index in [1.807, 2.05) is 6.92 Å². The molecule has 166 valence electrons. The van der Waals surface area contributed by atoms with Gasteiger partial charge in [-0.25, -0.2) is 8.42 Å². The summed E-state index contributed by atoms with van der Waals surface area (Å²) >= 11 is 5.81. The van der Waals surface area contributed by atoms with E-state index in [1.165, 1.54) is 24.3 Å². The maximum atomic E-state index is 12.9. The van der Waals surface area contributed by atoms with Crippen molar-refractivity contribution >= 4 is 39.1 Å². The molecule has 0 radical (unpaired) electrons. The zero-order chi connectivity index (χ0) is 22.4. The van der Waals surface area contributed by atoms with E-state index in [2.05, 4.69) is 10.0 Å². The summed E-state index contributed by atoms with van der Waals surface area (Å²) in [5, 5.41) is 3.35. The Bertz CT molecular complexity index is 1020. The maximum Gasteiger partial charge on any atom is 0.261 e. The lowest BCUT2D eigenvalue weighted by Gasteiger charge is -2.32. The predicted molar refractivity (Wildman–Crippen MR) is 121 cm³/mol. The van der Waals surface area contributed by atoms with Crippen LogP contribution in [0.25, 0.3) is 0 Å². The van der Waals surface area contributed by atoms with E-state index in [-0.39, 0.29) is 22.6 Å². The molecule has 1 atom stereocenters. The first-order chi connectivity index (χ1) is 14.8. The van der Waals surface area contributed by atoms with Crippen molar-refractivity contribution in [3.05, 3.63) is 59.1 Å². The van der Waals surface area contributed by atoms with E-state index in [1.54, 1.807) is 29.2 Å². The van der Waals surface area contributed by atoms with Crippen molar-refractivity contribution in [2.75, 3.05) is 24.4 Å². The van der Waals surface area contributed by atoms with Gasteiger partial charge in [0.1, 0.15) is 0 Å². The molecule has 3 rings (SSSR count). The van der Waals surface area contributed by atoms with Crippen LogP contribution in [0.5, 0.6) is 0 Å². The normalized spacial score (nSPS) is 16.6. The summed E-state index contributed by atoms with van der Waals surface area (Å²) in [6, 6.07) is 12.1. The number of anilines is 1. The molecule has 31 heavy (non-hydrogen) atoms. The second-order valence-electron chi connectivity index (χ2n) is 7.52. The number of nitrogens with one attached hydrogen (secondary N) is 2. The van der Waals surface area contributed by atoms with E-state index in [0.717, 1.165) is 19.3 Å². The number of benzene rings is 2. The first kappa shape index (κ1) is 23.1. The van der Waals surface area contributed by atoms with Crippen molar-refractivity contribution in [3.63, 3.8) is 0 Å². The van der Waals surface area contributed by atoms with Gasteiger partial charge in [0.05, 0.1) is 10.8 Å². The van der Waals surface area contributed by atoms with Gasteiger partial charge >= 0.3 is 0 Å². The van der Waals surface area contributed by atoms with E-state index >= 15 is 0 Å². The van der Waals surface area contributed by atoms with Crippen molar-refractivity contribution < 1.29 is 18.0 Å². The first-order valence-electron chi connectivity index (χ1n) is 10.3. The molecule has 1 aliphatic heterocycles. The SMILES string of the molecule is CCCNC(=O)[C@@H]1CCCN(C(=O)c2ccc(NS(=O)(=O)c3ccc(Cl)cc3)cc2)C1. The van der Waals surface area contributed by atoms with Gasteiger partial charge in [-0.3, -0.25) is 14.3 Å². The number of halogens is 1. The number of carbonyl (C=O) groups is 2. The molecule has 1 saturated heterocycles. The van der Waals surface area contributed by atoms with Crippen LogP contribution in [0.15, 0.2) is 53.4 Å². The molecule has 0 unspecified atom stereocenters. The molecule has 0 saturated carbocycles. The number of carbonyl (C=O) groups excluding carboxylic acids is 2. The van der Waals surface area contributed by atoms with Crippen molar-refractivity contribution in [1.82, 2.24) is 10.2 Å². The molecule has 2 N–H and O–H groups in total. The van der Waals surface area contributed by atoms with Crippen LogP contribution in [0.4, 0.5) is 5.69 Å². The largest absolute Gasteiger partial charge is 0.356 e. The van der Waals surface area contributed by atoms with E-state index in [9.17, 15) is 18.0 Å². The summed E-state index contributed by atoms with van der Waals surface area (Å²) in [6.45, 7) is 3.62. The third kappa shape index (κ3) is 5.98. The van der Waals surface area contributed by atoms with E-state index in [4.69, 9.17) is 11.6 Å². The summed E-state index contributed by atoms with van der Waals surface area (Å²) in [4.78, 5) is 26.9. The van der Waals surface area contributed by atoms with Gasteiger partial charge < -0.3 is 10.2 Å². The number of sulfonamides is 1. The summed E-state index contributed by atoms with van der Waals surface area (Å²) < 4.78 is 27.5. The number of hydrogen-bond acceptors (Lipinski definition) is 4. The summed E-state index contributed by atoms with van der Waals surface area (Å²) in [5.41, 5.74) is 0.797. The number of piperidine rings is 1. The van der Waals surface area contributed by atoms with Crippen molar-refractivity contribution in [3.8, 4) is 0 Å². The third-order valence-corrected chi connectivity index (χ3v) is 6.79. The predicted octanol–water partition coefficient (Wildman–Crippen LogP) is 3.52. The Morgan fingerprint density at radius 3 is 2.42 bits per heavy atom. The average Bonchev–Trinajstić information content (AvgIpc) is 2.77. The average molecular weight is 464 g/mol. The highest BCUT2D eigenvalue weighted by atomic mass is 35.5. The van der Waals surface area contributed by atoms with Gasteiger partial charge in [-0.05, 0) is 67.8 Å². The van der Waals surface area contributed by atoms with Gasteiger partial charge in [-0.1, -0.05) is 18.5 Å². The van der Waals surface area contributed by atoms with Gasteiger partial charge in [0.15, 0.2) is 0 Å². The fourth-order valence-corrected chi connectivity index (χ4v) is 4.64. The Morgan fingerprint density at radius 2 is 1.77 bits per heavy atom. The van der Waals surface area contributed by atoms with Crippen molar-refractivity contribution in [2.24, 2.45) is 5.92 Å². The monoisotopic (exact) mass is 463 g/mol. The molecule has 0 bridgehead atoms. The fourth-order valence-electron chi connectivity index (χ4n) is 3.46. The van der Waals surface area contributed by atoms with Gasteiger partial charge in [0.2, 0.25) is 5.91 Å². The highest BCUT2D eigenvalue weighted by Gasteiger charge is 2.28. The summed E-state index contributed by atoms with van der Waals surface area (Å²) in [5.74, 6) is -0.374. The standard InChI is InChI=1S/C22H26ClN3O4S/c1-2-13-24-21(27)17-4-3-14-26(15-17)22(28)16-5-9-19(10-6-16)25-31(29,30)20-11-7-18(23)8-12-20/h5-12,17,25H,2-4,13-15H2,1H3,(H,24,27)/t17-/m1/s1. The molecule has 0 spiro atoms. The molecule has 9 heteroatoms. The molecule has 0 aromatic heterocycles. The topological polar surface area (TPSA) is 95.6 Å². The van der Waals surface area contributed by atoms with Crippen molar-refractivity contribution in [2.45, 2.75) is 31.1 Å². The molecule has 0 aliphatic carbocycles. The summed E-state index contributed by atoms with van der Waals surface area (Å²) in [6.07, 6.45) is 2.41. The molecule has 7 nitrogen and oxygen atoms in total. The Balaban J connectivity index is 1.64. The minimum Gasteiger partial charge on any atom is -0.356 e. The van der Waals surface area contributed by atoms with E-state index in [0.29, 0.717) is 35.9 Å². The molecular formula is C22H26ClN3O4S. The number of rotatable bonds is 7. The zero-order valence-corrected chi connectivity index (χ0v) is 18.9. The summed E-state index contributed by atoms with van der Waals surface area (Å²) in [7, 11) is -3.76. The highest BCUT2D eigenvalue weighted by Crippen LogP contribution is 2.21. The smallest absolute Gasteiger partial charge is 0.261 e. The lowest BCUT2D eigenvalue weighted by Crippen LogP contribution is -2.45. The van der Waals surface area contributed by atoms with Crippen LogP contribution in [0.2, 0.25) is 5.02 Å². The van der Waals surface area contributed by atoms with E-state index < -0.39 is 10.0 Å². The van der Waals surface area contributed by atoms with Crippen LogP contribution in [-0.4, -0.2) is 44.8 Å². The molecule has 1 heterocycles. The third-order valence-electron chi connectivity index (χ3n) is 5.14. The number of nitrogens with zero attached hydrogens (tertiary/aromatic N) is 1. The number of amides is 2. The highest BCUT2D eigenvalue weighted by molar-refractivity contribution is 7.92. The lowest BCUT2D eigenvalue weighted by molar-refractivity contribution is -0.126. The van der Waals surface area contributed by atoms with Gasteiger partial charge in [-0.15, -0.1) is 0 Å². The first-order valence-corrected chi connectivity index (χ1v) is 12.1. The van der Waals surface area contributed by atoms with Gasteiger partial charge in [0.25, 0.3) is 15.9 Å². The Hall–Kier alpha value is -2.58. The van der Waals surface area contributed by atoms with Crippen LogP contribution in [0.3, 0.4) is 0 Å². The van der Waals surface area contributed by atoms with Gasteiger partial charge in [-0.2, -0.15) is 0 Å².